The number of methoxy groups -OCH3 is 1. The van der Waals surface area contributed by atoms with Crippen LogP contribution in [0.15, 0.2) is 0 Å². The maximum Gasteiger partial charge on any atom is 0.320 e. The first-order valence-corrected chi connectivity index (χ1v) is 6.53. The predicted octanol–water partition coefficient (Wildman–Crippen LogP) is 1.36. The number of rotatable bonds is 5. The summed E-state index contributed by atoms with van der Waals surface area (Å²) in [5, 5.41) is 0. The Morgan fingerprint density at radius 2 is 2.00 bits per heavy atom. The summed E-state index contributed by atoms with van der Waals surface area (Å²) in [6, 6.07) is 0.103. The molecule has 0 spiro atoms. The Hall–Kier alpha value is -1.10. The maximum absolute atomic E-state index is 11.6. The van der Waals surface area contributed by atoms with E-state index < -0.39 is 0 Å². The molecule has 1 atom stereocenters. The number of hydrogen-bond acceptors (Lipinski definition) is 5. The Kier molecular flexibility index (Phi) is 6.12. The van der Waals surface area contributed by atoms with E-state index in [2.05, 4.69) is 4.74 Å². The molecule has 1 aliphatic heterocycles. The molecule has 1 fully saturated rings. The summed E-state index contributed by atoms with van der Waals surface area (Å²) < 4.78 is 9.82. The molecule has 18 heavy (non-hydrogen) atoms. The van der Waals surface area contributed by atoms with Gasteiger partial charge < -0.3 is 9.47 Å². The number of nitrogens with zero attached hydrogens (tertiary/aromatic N) is 1. The fraction of sp³-hybridized carbons (Fsp3) is 0.846. The Labute approximate surface area is 108 Å². The fourth-order valence-corrected chi connectivity index (χ4v) is 2.24. The van der Waals surface area contributed by atoms with Gasteiger partial charge in [-0.1, -0.05) is 6.42 Å². The standard InChI is InChI=1S/C13H23NO4/c1-10(2)18-13(16)9-14-7-5-4-6-11(14)8-12(15)17-3/h10-11H,4-9H2,1-3H3. The molecule has 0 aromatic carbocycles. The summed E-state index contributed by atoms with van der Waals surface area (Å²) in [6.07, 6.45) is 3.35. The van der Waals surface area contributed by atoms with E-state index in [-0.39, 0.29) is 30.6 Å². The monoisotopic (exact) mass is 257 g/mol. The zero-order chi connectivity index (χ0) is 13.5. The summed E-state index contributed by atoms with van der Waals surface area (Å²) in [5.74, 6) is -0.439. The van der Waals surface area contributed by atoms with Crippen LogP contribution in [0.1, 0.15) is 39.5 Å². The highest BCUT2D eigenvalue weighted by atomic mass is 16.5. The molecule has 0 amide bonds. The van der Waals surface area contributed by atoms with Gasteiger partial charge in [-0.2, -0.15) is 0 Å². The van der Waals surface area contributed by atoms with Crippen molar-refractivity contribution in [2.75, 3.05) is 20.2 Å². The third kappa shape index (κ3) is 5.04. The molecular weight excluding hydrogens is 234 g/mol. The Morgan fingerprint density at radius 3 is 2.61 bits per heavy atom. The SMILES string of the molecule is COC(=O)CC1CCCCN1CC(=O)OC(C)C. The zero-order valence-electron chi connectivity index (χ0n) is 11.5. The molecule has 0 aromatic rings. The van der Waals surface area contributed by atoms with E-state index in [4.69, 9.17) is 4.74 Å². The predicted molar refractivity (Wildman–Crippen MR) is 67.1 cm³/mol. The second-order valence-corrected chi connectivity index (χ2v) is 4.94. The topological polar surface area (TPSA) is 55.8 Å². The number of piperidine rings is 1. The Morgan fingerprint density at radius 1 is 1.28 bits per heavy atom. The van der Waals surface area contributed by atoms with Crippen LogP contribution < -0.4 is 0 Å². The van der Waals surface area contributed by atoms with E-state index in [1.165, 1.54) is 7.11 Å². The number of esters is 2. The van der Waals surface area contributed by atoms with Gasteiger partial charge in [0.1, 0.15) is 0 Å². The molecule has 1 rings (SSSR count). The van der Waals surface area contributed by atoms with Crippen LogP contribution in [-0.4, -0.2) is 49.2 Å². The highest BCUT2D eigenvalue weighted by Gasteiger charge is 2.27. The summed E-state index contributed by atoms with van der Waals surface area (Å²) in [6.45, 7) is 4.77. The molecule has 0 aromatic heterocycles. The molecule has 1 aliphatic rings. The molecule has 5 nitrogen and oxygen atoms in total. The van der Waals surface area contributed by atoms with Crippen molar-refractivity contribution in [2.45, 2.75) is 51.7 Å². The van der Waals surface area contributed by atoms with Crippen LogP contribution in [0, 0.1) is 0 Å². The molecule has 0 N–H and O–H groups in total. The summed E-state index contributed by atoms with van der Waals surface area (Å²) >= 11 is 0. The van der Waals surface area contributed by atoms with Gasteiger partial charge in [-0.25, -0.2) is 0 Å². The number of ether oxygens (including phenoxy) is 2. The van der Waals surface area contributed by atoms with Crippen molar-refractivity contribution in [3.05, 3.63) is 0 Å². The van der Waals surface area contributed by atoms with Crippen LogP contribution >= 0.6 is 0 Å². The minimum Gasteiger partial charge on any atom is -0.469 e. The Balaban J connectivity index is 2.48. The van der Waals surface area contributed by atoms with Crippen LogP contribution in [0.2, 0.25) is 0 Å². The van der Waals surface area contributed by atoms with Gasteiger partial charge in [-0.3, -0.25) is 14.5 Å². The van der Waals surface area contributed by atoms with Gasteiger partial charge in [0.05, 0.1) is 26.2 Å². The first kappa shape index (κ1) is 15.0. The average molecular weight is 257 g/mol. The third-order valence-electron chi connectivity index (χ3n) is 3.08. The van der Waals surface area contributed by atoms with Crippen molar-refractivity contribution in [3.8, 4) is 0 Å². The molecule has 0 radical (unpaired) electrons. The van der Waals surface area contributed by atoms with Gasteiger partial charge in [-0.15, -0.1) is 0 Å². The van der Waals surface area contributed by atoms with Crippen molar-refractivity contribution in [2.24, 2.45) is 0 Å². The zero-order valence-corrected chi connectivity index (χ0v) is 11.5. The van der Waals surface area contributed by atoms with Crippen molar-refractivity contribution in [3.63, 3.8) is 0 Å². The first-order chi connectivity index (χ1) is 8.52. The van der Waals surface area contributed by atoms with Crippen LogP contribution in [0.5, 0.6) is 0 Å². The average Bonchev–Trinajstić information content (AvgIpc) is 2.30. The summed E-state index contributed by atoms with van der Waals surface area (Å²) in [5.41, 5.74) is 0. The molecule has 104 valence electrons. The van der Waals surface area contributed by atoms with Crippen molar-refractivity contribution in [1.29, 1.82) is 0 Å². The van der Waals surface area contributed by atoms with Gasteiger partial charge in [0.2, 0.25) is 0 Å². The van der Waals surface area contributed by atoms with E-state index in [1.807, 2.05) is 18.7 Å². The quantitative estimate of drug-likeness (QED) is 0.696. The molecule has 1 heterocycles. The summed E-state index contributed by atoms with van der Waals surface area (Å²) in [7, 11) is 1.39. The number of carbonyl (C=O) groups is 2. The smallest absolute Gasteiger partial charge is 0.320 e. The lowest BCUT2D eigenvalue weighted by Crippen LogP contribution is -2.44. The van der Waals surface area contributed by atoms with E-state index in [0.717, 1.165) is 25.8 Å². The summed E-state index contributed by atoms with van der Waals surface area (Å²) in [4.78, 5) is 25.0. The van der Waals surface area contributed by atoms with Gasteiger partial charge in [0.25, 0.3) is 0 Å². The third-order valence-corrected chi connectivity index (χ3v) is 3.08. The number of likely N-dealkylation sites (tertiary alicyclic amines) is 1. The molecule has 0 bridgehead atoms. The lowest BCUT2D eigenvalue weighted by Gasteiger charge is -2.34. The molecule has 1 unspecified atom stereocenters. The van der Waals surface area contributed by atoms with Gasteiger partial charge >= 0.3 is 11.9 Å². The van der Waals surface area contributed by atoms with Gasteiger partial charge in [-0.05, 0) is 33.2 Å². The van der Waals surface area contributed by atoms with Crippen LogP contribution in [0.3, 0.4) is 0 Å². The first-order valence-electron chi connectivity index (χ1n) is 6.53. The molecular formula is C13H23NO4. The fourth-order valence-electron chi connectivity index (χ4n) is 2.24. The van der Waals surface area contributed by atoms with Crippen LogP contribution in [-0.2, 0) is 19.1 Å². The Bertz CT molecular complexity index is 291. The van der Waals surface area contributed by atoms with E-state index >= 15 is 0 Å². The lowest BCUT2D eigenvalue weighted by molar-refractivity contribution is -0.151. The molecule has 0 saturated carbocycles. The lowest BCUT2D eigenvalue weighted by atomic mass is 9.99. The van der Waals surface area contributed by atoms with Crippen molar-refractivity contribution in [1.82, 2.24) is 4.90 Å². The van der Waals surface area contributed by atoms with Gasteiger partial charge in [0.15, 0.2) is 0 Å². The highest BCUT2D eigenvalue weighted by Crippen LogP contribution is 2.19. The molecule has 5 heteroatoms. The molecule has 0 aliphatic carbocycles. The number of hydrogen-bond donors (Lipinski definition) is 0. The second kappa shape index (κ2) is 7.36. The minimum absolute atomic E-state index is 0.0960. The van der Waals surface area contributed by atoms with Crippen molar-refractivity contribution >= 4 is 11.9 Å². The second-order valence-electron chi connectivity index (χ2n) is 4.94. The molecule has 1 saturated heterocycles. The highest BCUT2D eigenvalue weighted by molar-refractivity contribution is 5.72. The number of carbonyl (C=O) groups excluding carboxylic acids is 2. The van der Waals surface area contributed by atoms with E-state index in [9.17, 15) is 9.59 Å². The van der Waals surface area contributed by atoms with E-state index in [1.54, 1.807) is 0 Å². The largest absolute Gasteiger partial charge is 0.469 e. The normalized spacial score (nSPS) is 20.8. The minimum atomic E-state index is -0.221. The van der Waals surface area contributed by atoms with Gasteiger partial charge in [0, 0.05) is 6.04 Å². The maximum atomic E-state index is 11.6. The van der Waals surface area contributed by atoms with Crippen LogP contribution in [0.4, 0.5) is 0 Å². The van der Waals surface area contributed by atoms with E-state index in [0.29, 0.717) is 6.42 Å². The van der Waals surface area contributed by atoms with Crippen molar-refractivity contribution < 1.29 is 19.1 Å². The van der Waals surface area contributed by atoms with Crippen LogP contribution in [0.25, 0.3) is 0 Å².